The van der Waals surface area contributed by atoms with Crippen molar-refractivity contribution in [2.75, 3.05) is 0 Å². The normalized spacial score (nSPS) is 15.4. The van der Waals surface area contributed by atoms with E-state index in [1.807, 2.05) is 32.0 Å². The molecule has 0 bridgehead atoms. The molecule has 0 unspecified atom stereocenters. The van der Waals surface area contributed by atoms with Gasteiger partial charge in [0.05, 0.1) is 6.07 Å². The number of ether oxygens (including phenoxy) is 1. The van der Waals surface area contributed by atoms with Crippen LogP contribution in [0.15, 0.2) is 30.3 Å². The highest BCUT2D eigenvalue weighted by atomic mass is 16.5. The zero-order valence-electron chi connectivity index (χ0n) is 13.9. The van der Waals surface area contributed by atoms with Gasteiger partial charge in [0.25, 0.3) is 0 Å². The van der Waals surface area contributed by atoms with E-state index < -0.39 is 0 Å². The van der Waals surface area contributed by atoms with Crippen molar-refractivity contribution in [1.29, 1.82) is 0 Å². The average Bonchev–Trinajstić information content (AvgIpc) is 2.54. The highest BCUT2D eigenvalue weighted by Crippen LogP contribution is 2.44. The zero-order valence-corrected chi connectivity index (χ0v) is 13.9. The van der Waals surface area contributed by atoms with E-state index in [1.165, 1.54) is 0 Å². The van der Waals surface area contributed by atoms with E-state index in [0.29, 0.717) is 35.3 Å². The number of fused-ring (bicyclic) bond motifs is 1. The van der Waals surface area contributed by atoms with E-state index in [1.54, 1.807) is 12.1 Å². The van der Waals surface area contributed by atoms with E-state index in [-0.39, 0.29) is 29.3 Å². The average molecular weight is 325 g/mol. The van der Waals surface area contributed by atoms with Gasteiger partial charge in [0.1, 0.15) is 22.8 Å². The Balaban J connectivity index is 1.87. The predicted molar refractivity (Wildman–Crippen MR) is 90.7 cm³/mol. The van der Waals surface area contributed by atoms with Crippen LogP contribution in [0.2, 0.25) is 0 Å². The molecule has 1 aliphatic heterocycles. The number of Topliss-reactive ketones (excluding diaryl/α,β-unsaturated/α-hetero) is 1. The van der Waals surface area contributed by atoms with Crippen LogP contribution in [0.25, 0.3) is 0 Å². The summed E-state index contributed by atoms with van der Waals surface area (Å²) in [5.41, 5.74) is 1.48. The van der Waals surface area contributed by atoms with E-state index >= 15 is 0 Å². The van der Waals surface area contributed by atoms with Crippen molar-refractivity contribution in [2.24, 2.45) is 0 Å². The predicted octanol–water partition coefficient (Wildman–Crippen LogP) is 3.82. The first kappa shape index (κ1) is 16.4. The minimum absolute atomic E-state index is 0.00638. The highest BCUT2D eigenvalue weighted by Gasteiger charge is 2.31. The molecule has 0 saturated heterocycles. The van der Waals surface area contributed by atoms with Crippen molar-refractivity contribution in [3.05, 3.63) is 53.1 Å². The zero-order chi connectivity index (χ0) is 17.3. The minimum Gasteiger partial charge on any atom is -0.507 e. The van der Waals surface area contributed by atoms with Gasteiger partial charge in [-0.25, -0.2) is 0 Å². The molecule has 1 heterocycles. The third-order valence-corrected chi connectivity index (χ3v) is 4.41. The number of phenols is 2. The van der Waals surface area contributed by atoms with Crippen LogP contribution in [0, 0.1) is 6.07 Å². The monoisotopic (exact) mass is 325 g/mol. The number of hydrogen-bond donors (Lipinski definition) is 2. The second-order valence-corrected chi connectivity index (χ2v) is 6.76. The Labute approximate surface area is 141 Å². The Morgan fingerprint density at radius 1 is 1.21 bits per heavy atom. The third kappa shape index (κ3) is 3.23. The number of hydrogen-bond acceptors (Lipinski definition) is 4. The van der Waals surface area contributed by atoms with Gasteiger partial charge >= 0.3 is 0 Å². The first-order chi connectivity index (χ1) is 11.4. The van der Waals surface area contributed by atoms with Gasteiger partial charge in [0.2, 0.25) is 0 Å². The second-order valence-electron chi connectivity index (χ2n) is 6.76. The van der Waals surface area contributed by atoms with Crippen LogP contribution in [0.5, 0.6) is 17.2 Å². The van der Waals surface area contributed by atoms with Gasteiger partial charge in [-0.05, 0) is 33.1 Å². The third-order valence-electron chi connectivity index (χ3n) is 4.41. The van der Waals surface area contributed by atoms with Gasteiger partial charge in [-0.3, -0.25) is 4.79 Å². The standard InChI is InChI=1S/C20H21O4/c1-20(2)11-10-15-18(23)12-17(22)14(19(15)24-20)8-9-16(21)13-6-4-3-5-7-13/h3-7,22-23H,8-11H2,1-2H3. The van der Waals surface area contributed by atoms with Crippen molar-refractivity contribution >= 4 is 5.78 Å². The maximum absolute atomic E-state index is 12.3. The smallest absolute Gasteiger partial charge is 0.163 e. The summed E-state index contributed by atoms with van der Waals surface area (Å²) in [7, 11) is 0. The quantitative estimate of drug-likeness (QED) is 0.839. The molecule has 24 heavy (non-hydrogen) atoms. The van der Waals surface area contributed by atoms with Crippen LogP contribution in [0.3, 0.4) is 0 Å². The Bertz CT molecular complexity index is 763. The maximum Gasteiger partial charge on any atom is 0.163 e. The van der Waals surface area contributed by atoms with Crippen LogP contribution in [0.4, 0.5) is 0 Å². The van der Waals surface area contributed by atoms with E-state index in [9.17, 15) is 15.0 Å². The van der Waals surface area contributed by atoms with Crippen LogP contribution < -0.4 is 4.74 Å². The van der Waals surface area contributed by atoms with Crippen molar-refractivity contribution in [2.45, 2.75) is 45.1 Å². The summed E-state index contributed by atoms with van der Waals surface area (Å²) in [6.45, 7) is 3.94. The van der Waals surface area contributed by atoms with Gasteiger partial charge < -0.3 is 14.9 Å². The molecule has 0 spiro atoms. The lowest BCUT2D eigenvalue weighted by atomic mass is 9.90. The second kappa shape index (κ2) is 6.19. The molecule has 2 N–H and O–H groups in total. The van der Waals surface area contributed by atoms with E-state index in [0.717, 1.165) is 6.42 Å². The minimum atomic E-state index is -0.370. The topological polar surface area (TPSA) is 66.8 Å². The first-order valence-corrected chi connectivity index (χ1v) is 8.13. The highest BCUT2D eigenvalue weighted by molar-refractivity contribution is 5.96. The largest absolute Gasteiger partial charge is 0.507 e. The summed E-state index contributed by atoms with van der Waals surface area (Å²) in [6, 6.07) is 11.7. The summed E-state index contributed by atoms with van der Waals surface area (Å²) < 4.78 is 6.00. The van der Waals surface area contributed by atoms with Crippen LogP contribution in [-0.2, 0) is 12.8 Å². The van der Waals surface area contributed by atoms with Crippen LogP contribution >= 0.6 is 0 Å². The molecule has 0 saturated carbocycles. The fraction of sp³-hybridized carbons (Fsp3) is 0.350. The molecule has 3 rings (SSSR count). The van der Waals surface area contributed by atoms with Crippen molar-refractivity contribution < 1.29 is 19.7 Å². The van der Waals surface area contributed by atoms with Crippen molar-refractivity contribution in [1.82, 2.24) is 0 Å². The van der Waals surface area contributed by atoms with E-state index in [4.69, 9.17) is 4.74 Å². The number of phenolic OH excluding ortho intramolecular Hbond substituents is 2. The lowest BCUT2D eigenvalue weighted by molar-refractivity contribution is 0.0816. The Hall–Kier alpha value is -2.49. The summed E-state index contributed by atoms with van der Waals surface area (Å²) in [4.78, 5) is 12.3. The summed E-state index contributed by atoms with van der Waals surface area (Å²) >= 11 is 0. The summed E-state index contributed by atoms with van der Waals surface area (Å²) in [5, 5.41) is 20.2. The van der Waals surface area contributed by atoms with Gasteiger partial charge in [-0.15, -0.1) is 0 Å². The van der Waals surface area contributed by atoms with E-state index in [2.05, 4.69) is 6.07 Å². The molecule has 4 nitrogen and oxygen atoms in total. The summed E-state index contributed by atoms with van der Waals surface area (Å²) in [5.74, 6) is 0.286. The van der Waals surface area contributed by atoms with Gasteiger partial charge in [-0.2, -0.15) is 0 Å². The lowest BCUT2D eigenvalue weighted by Gasteiger charge is -2.34. The molecule has 0 aromatic heterocycles. The molecule has 0 atom stereocenters. The molecule has 0 amide bonds. The number of benzene rings is 2. The number of ketones is 1. The van der Waals surface area contributed by atoms with Crippen molar-refractivity contribution in [3.8, 4) is 17.2 Å². The fourth-order valence-corrected chi connectivity index (χ4v) is 3.01. The molecule has 0 fully saturated rings. The number of rotatable bonds is 4. The van der Waals surface area contributed by atoms with Gasteiger partial charge in [0.15, 0.2) is 5.78 Å². The van der Waals surface area contributed by atoms with Crippen LogP contribution in [-0.4, -0.2) is 21.6 Å². The molecule has 1 radical (unpaired) electrons. The number of carbonyl (C=O) groups is 1. The molecule has 4 heteroatoms. The molecule has 0 aliphatic carbocycles. The SMILES string of the molecule is CC1(C)CCc2c(O)[c]c(O)c(CCC(=O)c3ccccc3)c2O1. The summed E-state index contributed by atoms with van der Waals surface area (Å²) in [6.07, 6.45) is 2.03. The molecule has 2 aromatic rings. The fourth-order valence-electron chi connectivity index (χ4n) is 3.01. The van der Waals surface area contributed by atoms with Gasteiger partial charge in [-0.1, -0.05) is 30.3 Å². The van der Waals surface area contributed by atoms with Gasteiger partial charge in [0, 0.05) is 23.1 Å². The first-order valence-electron chi connectivity index (χ1n) is 8.13. The molecule has 125 valence electrons. The number of aromatic hydroxyl groups is 2. The van der Waals surface area contributed by atoms with Crippen molar-refractivity contribution in [3.63, 3.8) is 0 Å². The number of carbonyl (C=O) groups excluding carboxylic acids is 1. The Morgan fingerprint density at radius 2 is 1.92 bits per heavy atom. The Kier molecular flexibility index (Phi) is 4.22. The van der Waals surface area contributed by atoms with Crippen LogP contribution in [0.1, 0.15) is 48.2 Å². The molecule has 2 aromatic carbocycles. The molecular formula is C20H21O4. The molecule has 1 aliphatic rings. The lowest BCUT2D eigenvalue weighted by Crippen LogP contribution is -2.33. The maximum atomic E-state index is 12.3. The Morgan fingerprint density at radius 3 is 2.62 bits per heavy atom. The molecular weight excluding hydrogens is 304 g/mol.